The van der Waals surface area contributed by atoms with Crippen molar-refractivity contribution in [3.05, 3.63) is 68.8 Å². The van der Waals surface area contributed by atoms with Crippen molar-refractivity contribution in [2.24, 2.45) is 0 Å². The molecule has 0 radical (unpaired) electrons. The van der Waals surface area contributed by atoms with E-state index in [2.05, 4.69) is 22.6 Å². The topological polar surface area (TPSA) is 17.1 Å². The first kappa shape index (κ1) is 12.3. The number of carbonyl (C=O) groups excluding carboxylic acids is 1. The maximum atomic E-state index is 12.0. The van der Waals surface area contributed by atoms with Gasteiger partial charge in [-0.15, -0.1) is 0 Å². The van der Waals surface area contributed by atoms with E-state index in [0.29, 0.717) is 6.42 Å². The van der Waals surface area contributed by atoms with Gasteiger partial charge in [0.1, 0.15) is 0 Å². The molecule has 0 N–H and O–H groups in total. The number of benzene rings is 2. The number of Topliss-reactive ketones (excluding diaryl/α,β-unsaturated/α-hetero) is 1. The molecule has 0 saturated heterocycles. The zero-order valence-electron chi connectivity index (χ0n) is 9.61. The second-order valence-corrected chi connectivity index (χ2v) is 5.34. The second-order valence-electron chi connectivity index (χ2n) is 4.10. The van der Waals surface area contributed by atoms with Crippen LogP contribution < -0.4 is 0 Å². The molecule has 2 aromatic carbocycles. The van der Waals surface area contributed by atoms with Crippen molar-refractivity contribution in [2.75, 3.05) is 0 Å². The predicted molar refractivity (Wildman–Crippen MR) is 78.4 cm³/mol. The lowest BCUT2D eigenvalue weighted by atomic mass is 10.0. The molecule has 0 aliphatic heterocycles. The highest BCUT2D eigenvalue weighted by atomic mass is 127. The van der Waals surface area contributed by atoms with Crippen molar-refractivity contribution in [3.8, 4) is 0 Å². The van der Waals surface area contributed by atoms with Gasteiger partial charge >= 0.3 is 0 Å². The van der Waals surface area contributed by atoms with E-state index in [4.69, 9.17) is 0 Å². The average Bonchev–Trinajstić information content (AvgIpc) is 2.32. The van der Waals surface area contributed by atoms with Gasteiger partial charge in [-0.25, -0.2) is 0 Å². The third kappa shape index (κ3) is 3.40. The van der Waals surface area contributed by atoms with Crippen LogP contribution in [0.1, 0.15) is 21.5 Å². The molecule has 2 rings (SSSR count). The summed E-state index contributed by atoms with van der Waals surface area (Å²) in [6, 6.07) is 15.8. The summed E-state index contributed by atoms with van der Waals surface area (Å²) in [6.07, 6.45) is 0.473. The highest BCUT2D eigenvalue weighted by Gasteiger charge is 2.06. The molecule has 86 valence electrons. The molecule has 0 bridgehead atoms. The fraction of sp³-hybridized carbons (Fsp3) is 0.133. The van der Waals surface area contributed by atoms with Crippen molar-refractivity contribution in [1.82, 2.24) is 0 Å². The van der Waals surface area contributed by atoms with Crippen LogP contribution in [0.3, 0.4) is 0 Å². The third-order valence-corrected chi connectivity index (χ3v) is 3.34. The van der Waals surface area contributed by atoms with E-state index in [9.17, 15) is 4.79 Å². The Balaban J connectivity index is 2.14. The van der Waals surface area contributed by atoms with Crippen molar-refractivity contribution in [3.63, 3.8) is 0 Å². The Morgan fingerprint density at radius 3 is 2.47 bits per heavy atom. The molecule has 0 unspecified atom stereocenters. The van der Waals surface area contributed by atoms with Crippen LogP contribution in [0.2, 0.25) is 0 Å². The Morgan fingerprint density at radius 1 is 1.12 bits per heavy atom. The van der Waals surface area contributed by atoms with Gasteiger partial charge in [-0.1, -0.05) is 35.9 Å². The van der Waals surface area contributed by atoms with E-state index in [0.717, 1.165) is 16.7 Å². The molecule has 1 nitrogen and oxygen atoms in total. The predicted octanol–water partition coefficient (Wildman–Crippen LogP) is 4.03. The Kier molecular flexibility index (Phi) is 3.94. The van der Waals surface area contributed by atoms with Crippen LogP contribution in [0.4, 0.5) is 0 Å². The number of aryl methyl sites for hydroxylation is 1. The molecule has 0 spiro atoms. The van der Waals surface area contributed by atoms with Gasteiger partial charge in [0.05, 0.1) is 0 Å². The summed E-state index contributed by atoms with van der Waals surface area (Å²) in [4.78, 5) is 12.0. The molecule has 2 aromatic rings. The standard InChI is InChI=1S/C15H13IO/c1-11-3-2-4-13(9-11)15(17)10-12-5-7-14(16)8-6-12/h2-9H,10H2,1H3. The fourth-order valence-corrected chi connectivity index (χ4v) is 2.07. The summed E-state index contributed by atoms with van der Waals surface area (Å²) in [5.74, 6) is 0.176. The van der Waals surface area contributed by atoms with Gasteiger partial charge in [0.2, 0.25) is 0 Å². The Labute approximate surface area is 115 Å². The summed E-state index contributed by atoms with van der Waals surface area (Å²) < 4.78 is 1.19. The van der Waals surface area contributed by atoms with Crippen molar-refractivity contribution >= 4 is 28.4 Å². The quantitative estimate of drug-likeness (QED) is 0.611. The molecule has 2 heteroatoms. The van der Waals surface area contributed by atoms with Crippen LogP contribution in [0.25, 0.3) is 0 Å². The van der Waals surface area contributed by atoms with Gasteiger partial charge in [0, 0.05) is 15.6 Å². The first-order chi connectivity index (χ1) is 8.15. The molecule has 0 fully saturated rings. The van der Waals surface area contributed by atoms with Gasteiger partial charge in [-0.05, 0) is 53.3 Å². The van der Waals surface area contributed by atoms with Gasteiger partial charge in [0.25, 0.3) is 0 Å². The number of hydrogen-bond donors (Lipinski definition) is 0. The lowest BCUT2D eigenvalue weighted by molar-refractivity contribution is 0.0993. The van der Waals surface area contributed by atoms with Crippen molar-refractivity contribution < 1.29 is 4.79 Å². The van der Waals surface area contributed by atoms with Crippen molar-refractivity contribution in [1.29, 1.82) is 0 Å². The van der Waals surface area contributed by atoms with E-state index >= 15 is 0 Å². The maximum absolute atomic E-state index is 12.0. The van der Waals surface area contributed by atoms with E-state index < -0.39 is 0 Å². The van der Waals surface area contributed by atoms with E-state index in [1.165, 1.54) is 3.57 Å². The summed E-state index contributed by atoms with van der Waals surface area (Å²) >= 11 is 2.26. The lowest BCUT2D eigenvalue weighted by Crippen LogP contribution is -2.03. The zero-order chi connectivity index (χ0) is 12.3. The van der Waals surface area contributed by atoms with Crippen LogP contribution in [-0.4, -0.2) is 5.78 Å². The largest absolute Gasteiger partial charge is 0.294 e. The first-order valence-electron chi connectivity index (χ1n) is 5.49. The molecule has 0 aliphatic rings. The van der Waals surface area contributed by atoms with Gasteiger partial charge in [0.15, 0.2) is 5.78 Å². The number of ketones is 1. The fourth-order valence-electron chi connectivity index (χ4n) is 1.71. The number of hydrogen-bond acceptors (Lipinski definition) is 1. The van der Waals surface area contributed by atoms with E-state index in [1.807, 2.05) is 55.5 Å². The van der Waals surface area contributed by atoms with Gasteiger partial charge in [-0.2, -0.15) is 0 Å². The normalized spacial score (nSPS) is 10.2. The summed E-state index contributed by atoms with van der Waals surface area (Å²) in [6.45, 7) is 2.00. The number of rotatable bonds is 3. The summed E-state index contributed by atoms with van der Waals surface area (Å²) in [5.41, 5.74) is 2.99. The second kappa shape index (κ2) is 5.45. The van der Waals surface area contributed by atoms with Crippen molar-refractivity contribution in [2.45, 2.75) is 13.3 Å². The highest BCUT2D eigenvalue weighted by molar-refractivity contribution is 14.1. The minimum Gasteiger partial charge on any atom is -0.294 e. The van der Waals surface area contributed by atoms with E-state index in [-0.39, 0.29) is 5.78 Å². The molecule has 0 atom stereocenters. The Hall–Kier alpha value is -1.16. The molecule has 0 aliphatic carbocycles. The average molecular weight is 336 g/mol. The lowest BCUT2D eigenvalue weighted by Gasteiger charge is -2.03. The SMILES string of the molecule is Cc1cccc(C(=O)Cc2ccc(I)cc2)c1. The molecule has 0 aromatic heterocycles. The summed E-state index contributed by atoms with van der Waals surface area (Å²) in [5, 5.41) is 0. The first-order valence-corrected chi connectivity index (χ1v) is 6.57. The Bertz CT molecular complexity index is 529. The zero-order valence-corrected chi connectivity index (χ0v) is 11.8. The van der Waals surface area contributed by atoms with Crippen LogP contribution >= 0.6 is 22.6 Å². The maximum Gasteiger partial charge on any atom is 0.167 e. The van der Waals surface area contributed by atoms with E-state index in [1.54, 1.807) is 0 Å². The molecule has 0 saturated carbocycles. The monoisotopic (exact) mass is 336 g/mol. The molecule has 17 heavy (non-hydrogen) atoms. The summed E-state index contributed by atoms with van der Waals surface area (Å²) in [7, 11) is 0. The molecule has 0 heterocycles. The number of halogens is 1. The smallest absolute Gasteiger partial charge is 0.167 e. The minimum absolute atomic E-state index is 0.176. The highest BCUT2D eigenvalue weighted by Crippen LogP contribution is 2.11. The van der Waals surface area contributed by atoms with Crippen LogP contribution in [0.15, 0.2) is 48.5 Å². The van der Waals surface area contributed by atoms with Crippen LogP contribution in [0, 0.1) is 10.5 Å². The third-order valence-electron chi connectivity index (χ3n) is 2.62. The molecule has 0 amide bonds. The number of carbonyl (C=O) groups is 1. The Morgan fingerprint density at radius 2 is 1.82 bits per heavy atom. The van der Waals surface area contributed by atoms with Gasteiger partial charge in [-0.3, -0.25) is 4.79 Å². The van der Waals surface area contributed by atoms with Crippen LogP contribution in [0.5, 0.6) is 0 Å². The molecular formula is C15H13IO. The van der Waals surface area contributed by atoms with Gasteiger partial charge < -0.3 is 0 Å². The minimum atomic E-state index is 0.176. The van der Waals surface area contributed by atoms with Crippen LogP contribution in [-0.2, 0) is 6.42 Å². The molecular weight excluding hydrogens is 323 g/mol.